The Bertz CT molecular complexity index is 2240. The van der Waals surface area contributed by atoms with Crippen molar-refractivity contribution in [3.63, 3.8) is 0 Å². The fraction of sp³-hybridized carbons (Fsp3) is 0.333. The monoisotopic (exact) mass is 805 g/mol. The average Bonchev–Trinajstić information content (AvgIpc) is 3.75. The van der Waals surface area contributed by atoms with Gasteiger partial charge in [-0.1, -0.05) is 93.0 Å². The van der Waals surface area contributed by atoms with Crippen LogP contribution >= 0.6 is 11.6 Å². The molecule has 12 nitrogen and oxygen atoms in total. The summed E-state index contributed by atoms with van der Waals surface area (Å²) in [6, 6.07) is 27.3. The van der Waals surface area contributed by atoms with Gasteiger partial charge < -0.3 is 19.1 Å². The molecule has 300 valence electrons. The predicted octanol–water partition coefficient (Wildman–Crippen LogP) is 8.07. The number of carbonyl (C=O) groups excluding carboxylic acids is 4. The van der Waals surface area contributed by atoms with Crippen LogP contribution in [0.25, 0.3) is 0 Å². The third-order valence-electron chi connectivity index (χ3n) is 11.3. The zero-order chi connectivity index (χ0) is 41.1. The first kappa shape index (κ1) is 40.4. The van der Waals surface area contributed by atoms with Gasteiger partial charge in [-0.3, -0.25) is 24.6 Å². The second-order valence-corrected chi connectivity index (χ2v) is 15.8. The number of nitro groups is 1. The van der Waals surface area contributed by atoms with Crippen LogP contribution in [0.15, 0.2) is 108 Å². The maximum atomic E-state index is 13.9. The topological polar surface area (TPSA) is 146 Å². The van der Waals surface area contributed by atoms with Gasteiger partial charge in [0.05, 0.1) is 27.5 Å². The maximum absolute atomic E-state index is 13.9. The van der Waals surface area contributed by atoms with Gasteiger partial charge in [-0.05, 0) is 65.8 Å². The number of nitrogens with zero attached hydrogens (tertiary/aromatic N) is 3. The van der Waals surface area contributed by atoms with E-state index >= 15 is 0 Å². The lowest BCUT2D eigenvalue weighted by atomic mass is 9.74. The first-order chi connectivity index (χ1) is 27.9. The number of nitro benzene ring substituents is 1. The van der Waals surface area contributed by atoms with E-state index in [-0.39, 0.29) is 76.4 Å². The molecule has 2 saturated heterocycles. The highest BCUT2D eigenvalue weighted by molar-refractivity contribution is 6.35. The Hall–Kier alpha value is -5.85. The molecule has 1 amide bonds. The van der Waals surface area contributed by atoms with Gasteiger partial charge in [0, 0.05) is 43.1 Å². The van der Waals surface area contributed by atoms with Gasteiger partial charge in [0.2, 0.25) is 5.91 Å². The highest BCUT2D eigenvalue weighted by Crippen LogP contribution is 2.49. The van der Waals surface area contributed by atoms with E-state index in [4.69, 9.17) is 25.8 Å². The smallest absolute Gasteiger partial charge is 0.362 e. The number of ether oxygens (including phenoxy) is 3. The summed E-state index contributed by atoms with van der Waals surface area (Å²) >= 11 is 6.95. The van der Waals surface area contributed by atoms with Crippen molar-refractivity contribution in [2.75, 3.05) is 19.6 Å². The fourth-order valence-corrected chi connectivity index (χ4v) is 8.56. The molecule has 0 aliphatic carbocycles. The number of Topliss-reactive ketones (excluding diaryl/α,β-unsaturated/α-hetero) is 1. The third kappa shape index (κ3) is 8.39. The van der Waals surface area contributed by atoms with Crippen LogP contribution in [0.2, 0.25) is 5.02 Å². The zero-order valence-electron chi connectivity index (χ0n) is 32.5. The normalized spacial score (nSPS) is 20.2. The maximum Gasteiger partial charge on any atom is 0.362 e. The Kier molecular flexibility index (Phi) is 12.1. The first-order valence-electron chi connectivity index (χ1n) is 19.4. The van der Waals surface area contributed by atoms with Crippen LogP contribution in [0.1, 0.15) is 65.5 Å². The van der Waals surface area contributed by atoms with E-state index < -0.39 is 16.9 Å². The summed E-state index contributed by atoms with van der Waals surface area (Å²) in [6.07, 6.45) is 0.953. The molecule has 0 unspecified atom stereocenters. The largest absolute Gasteiger partial charge is 0.485 e. The number of esters is 2. The second-order valence-electron chi connectivity index (χ2n) is 15.4. The minimum absolute atomic E-state index is 0.00948. The van der Waals surface area contributed by atoms with Crippen molar-refractivity contribution in [1.82, 2.24) is 9.80 Å². The minimum atomic E-state index is -0.973. The Morgan fingerprint density at radius 3 is 2.14 bits per heavy atom. The van der Waals surface area contributed by atoms with Gasteiger partial charge in [0.15, 0.2) is 17.3 Å². The van der Waals surface area contributed by atoms with Crippen LogP contribution in [0.3, 0.4) is 0 Å². The van der Waals surface area contributed by atoms with Crippen molar-refractivity contribution in [2.45, 2.75) is 52.9 Å². The Labute approximate surface area is 341 Å². The molecule has 0 N–H and O–H groups in total. The molecule has 13 heteroatoms. The molecule has 0 spiro atoms. The lowest BCUT2D eigenvalue weighted by Crippen LogP contribution is -2.62. The summed E-state index contributed by atoms with van der Waals surface area (Å²) in [5.41, 5.74) is 2.77. The fourth-order valence-electron chi connectivity index (χ4n) is 8.24. The van der Waals surface area contributed by atoms with Crippen LogP contribution in [0.5, 0.6) is 11.5 Å². The molecule has 0 radical (unpaired) electrons. The van der Waals surface area contributed by atoms with E-state index in [9.17, 15) is 29.3 Å². The predicted molar refractivity (Wildman–Crippen MR) is 215 cm³/mol. The minimum Gasteiger partial charge on any atom is -0.485 e. The molecular formula is C45H44ClN3O9. The molecule has 3 aliphatic rings. The van der Waals surface area contributed by atoms with Crippen LogP contribution in [-0.2, 0) is 27.5 Å². The van der Waals surface area contributed by atoms with Crippen LogP contribution in [0, 0.1) is 33.8 Å². The number of halogens is 1. The van der Waals surface area contributed by atoms with Gasteiger partial charge in [-0.2, -0.15) is 0 Å². The third-order valence-corrected chi connectivity index (χ3v) is 11.6. The number of carbonyl (C=O) groups is 4. The van der Waals surface area contributed by atoms with Crippen LogP contribution in [-0.4, -0.2) is 64.0 Å². The number of ketones is 1. The van der Waals surface area contributed by atoms with Crippen molar-refractivity contribution >= 4 is 40.9 Å². The van der Waals surface area contributed by atoms with E-state index in [0.29, 0.717) is 48.9 Å². The van der Waals surface area contributed by atoms with Crippen molar-refractivity contribution in [3.05, 3.63) is 146 Å². The molecule has 7 rings (SSSR count). The number of β-lactam (4-membered cyclic amide) rings is 1. The molecule has 4 aromatic carbocycles. The summed E-state index contributed by atoms with van der Waals surface area (Å²) < 4.78 is 17.7. The number of hydrogen-bond acceptors (Lipinski definition) is 10. The quantitative estimate of drug-likeness (QED) is 0.0289. The molecular weight excluding hydrogens is 762 g/mol. The summed E-state index contributed by atoms with van der Waals surface area (Å²) in [6.45, 7) is 8.00. The molecule has 4 atom stereocenters. The van der Waals surface area contributed by atoms with Crippen molar-refractivity contribution < 1.29 is 38.3 Å². The van der Waals surface area contributed by atoms with Crippen molar-refractivity contribution in [3.8, 4) is 11.5 Å². The molecule has 3 heterocycles. The summed E-state index contributed by atoms with van der Waals surface area (Å²) in [5.74, 6) is -1.95. The second kappa shape index (κ2) is 17.3. The average molecular weight is 806 g/mol. The van der Waals surface area contributed by atoms with Gasteiger partial charge in [-0.25, -0.2) is 9.59 Å². The standard InChI is InChI=1S/C45H44ClN3O9/c1-27(2)38-40-28(3)35(41(48(40)43(38)51)45(53)58-44(52)32-14-16-33(17-15-32)49(54)55)24-47-21-20-31(23-47)22-36(50)34-18-19-37(56-25-29-10-6-4-7-11-29)42(39(34)46)57-26-30-12-8-5-9-13-30/h4-19,27-28,31,38,40H,20-26H2,1-3H3/t28-,31-,38+,40+/m0/s1. The number of amides is 1. The first-order valence-corrected chi connectivity index (χ1v) is 19.8. The molecule has 2 fully saturated rings. The Morgan fingerprint density at radius 1 is 0.879 bits per heavy atom. The van der Waals surface area contributed by atoms with Crippen LogP contribution < -0.4 is 9.47 Å². The zero-order valence-corrected chi connectivity index (χ0v) is 33.2. The molecule has 58 heavy (non-hydrogen) atoms. The number of likely N-dealkylation sites (tertiary alicyclic amines) is 1. The lowest BCUT2D eigenvalue weighted by molar-refractivity contribution is -0.384. The van der Waals surface area contributed by atoms with Gasteiger partial charge >= 0.3 is 11.9 Å². The Balaban J connectivity index is 1.05. The van der Waals surface area contributed by atoms with Gasteiger partial charge in [-0.15, -0.1) is 0 Å². The molecule has 3 aliphatic heterocycles. The summed E-state index contributed by atoms with van der Waals surface area (Å²) in [7, 11) is 0. The van der Waals surface area contributed by atoms with E-state index in [1.165, 1.54) is 17.0 Å². The summed E-state index contributed by atoms with van der Waals surface area (Å²) in [5, 5.41) is 11.3. The highest BCUT2D eigenvalue weighted by Gasteiger charge is 2.59. The Morgan fingerprint density at radius 2 is 1.52 bits per heavy atom. The molecule has 0 bridgehead atoms. The molecule has 0 saturated carbocycles. The van der Waals surface area contributed by atoms with E-state index in [1.807, 2.05) is 81.4 Å². The highest BCUT2D eigenvalue weighted by atomic mass is 35.5. The van der Waals surface area contributed by atoms with Crippen molar-refractivity contribution in [1.29, 1.82) is 0 Å². The number of rotatable bonds is 15. The lowest BCUT2D eigenvalue weighted by Gasteiger charge is -2.47. The van der Waals surface area contributed by atoms with E-state index in [1.54, 1.807) is 12.1 Å². The van der Waals surface area contributed by atoms with E-state index in [0.717, 1.165) is 29.7 Å². The SMILES string of the molecule is CC(C)[C@H]1C(=O)N2C(C(=O)OC(=O)c3ccc([N+](=O)[O-])cc3)=C(CN3CC[C@@H](CC(=O)c4ccc(OCc5ccccc5)c(OCc5ccccc5)c4Cl)C3)[C@H](C)[C@H]12. The molecule has 0 aromatic heterocycles. The van der Waals surface area contributed by atoms with E-state index in [2.05, 4.69) is 4.90 Å². The van der Waals surface area contributed by atoms with Gasteiger partial charge in [0.25, 0.3) is 5.69 Å². The molecule has 4 aromatic rings. The number of hydrogen-bond donors (Lipinski definition) is 0. The van der Waals surface area contributed by atoms with Gasteiger partial charge in [0.1, 0.15) is 18.9 Å². The van der Waals surface area contributed by atoms with Crippen molar-refractivity contribution in [2.24, 2.45) is 23.7 Å². The number of benzene rings is 4. The van der Waals surface area contributed by atoms with Crippen LogP contribution in [0.4, 0.5) is 5.69 Å². The number of fused-ring (bicyclic) bond motifs is 1. The number of non-ortho nitro benzene ring substituents is 1. The summed E-state index contributed by atoms with van der Waals surface area (Å²) in [4.78, 5) is 68.2.